The van der Waals surface area contributed by atoms with E-state index in [9.17, 15) is 22.8 Å². The molecule has 2 aliphatic rings. The molecular weight excluding hydrogens is 369 g/mol. The van der Waals surface area contributed by atoms with Gasteiger partial charge in [-0.05, 0) is 48.6 Å². The van der Waals surface area contributed by atoms with Gasteiger partial charge in [0.25, 0.3) is 5.91 Å². The summed E-state index contributed by atoms with van der Waals surface area (Å²) in [6, 6.07) is 10.4. The summed E-state index contributed by atoms with van der Waals surface area (Å²) in [5.74, 6) is -0.257. The number of carbonyl (C=O) groups is 2. The third kappa shape index (κ3) is 3.48. The van der Waals surface area contributed by atoms with Crippen molar-refractivity contribution in [2.75, 3.05) is 11.4 Å². The molecule has 146 valence electrons. The van der Waals surface area contributed by atoms with Gasteiger partial charge in [-0.15, -0.1) is 0 Å². The molecule has 1 aliphatic heterocycles. The monoisotopic (exact) mass is 388 g/mol. The molecule has 2 aromatic rings. The number of amides is 2. The SMILES string of the molecule is O=C(NCc1ccccc1C(F)(F)F)c1cccc2c1CCN2C(=O)C1CC1. The highest BCUT2D eigenvalue weighted by Crippen LogP contribution is 2.37. The molecule has 1 heterocycles. The van der Waals surface area contributed by atoms with E-state index in [-0.39, 0.29) is 23.9 Å². The number of nitrogens with one attached hydrogen (secondary N) is 1. The molecular formula is C21H19F3N2O2. The van der Waals surface area contributed by atoms with Crippen molar-refractivity contribution < 1.29 is 22.8 Å². The number of alkyl halides is 3. The first-order valence-electron chi connectivity index (χ1n) is 9.23. The highest BCUT2D eigenvalue weighted by molar-refractivity contribution is 6.02. The summed E-state index contributed by atoms with van der Waals surface area (Å²) >= 11 is 0. The van der Waals surface area contributed by atoms with E-state index in [0.29, 0.717) is 18.5 Å². The first-order chi connectivity index (χ1) is 13.4. The average molecular weight is 388 g/mol. The second-order valence-electron chi connectivity index (χ2n) is 7.15. The van der Waals surface area contributed by atoms with Gasteiger partial charge in [0, 0.05) is 30.3 Å². The van der Waals surface area contributed by atoms with Crippen molar-refractivity contribution in [3.63, 3.8) is 0 Å². The number of hydrogen-bond acceptors (Lipinski definition) is 2. The van der Waals surface area contributed by atoms with Gasteiger partial charge in [-0.3, -0.25) is 9.59 Å². The summed E-state index contributed by atoms with van der Waals surface area (Å²) in [6.45, 7) is 0.314. The van der Waals surface area contributed by atoms with Crippen LogP contribution in [0.5, 0.6) is 0 Å². The van der Waals surface area contributed by atoms with Crippen LogP contribution in [-0.4, -0.2) is 18.4 Å². The number of carbonyl (C=O) groups excluding carboxylic acids is 2. The Hall–Kier alpha value is -2.83. The van der Waals surface area contributed by atoms with Crippen LogP contribution in [-0.2, 0) is 23.9 Å². The van der Waals surface area contributed by atoms with Crippen molar-refractivity contribution in [2.45, 2.75) is 32.0 Å². The summed E-state index contributed by atoms with van der Waals surface area (Å²) in [5, 5.41) is 2.59. The van der Waals surface area contributed by atoms with Crippen LogP contribution in [0.4, 0.5) is 18.9 Å². The Labute approximate surface area is 160 Å². The second-order valence-corrected chi connectivity index (χ2v) is 7.15. The fraction of sp³-hybridized carbons (Fsp3) is 0.333. The minimum atomic E-state index is -4.47. The van der Waals surface area contributed by atoms with Gasteiger partial charge in [-0.2, -0.15) is 13.2 Å². The summed E-state index contributed by atoms with van der Waals surface area (Å²) in [6.07, 6.45) is -2.09. The lowest BCUT2D eigenvalue weighted by molar-refractivity contribution is -0.138. The number of fused-ring (bicyclic) bond motifs is 1. The molecule has 2 amide bonds. The van der Waals surface area contributed by atoms with E-state index in [4.69, 9.17) is 0 Å². The average Bonchev–Trinajstić information content (AvgIpc) is 3.43. The van der Waals surface area contributed by atoms with Gasteiger partial charge in [0.2, 0.25) is 5.91 Å². The zero-order valence-corrected chi connectivity index (χ0v) is 15.1. The summed E-state index contributed by atoms with van der Waals surface area (Å²) in [7, 11) is 0. The maximum absolute atomic E-state index is 13.1. The number of anilines is 1. The first kappa shape index (κ1) is 18.5. The Morgan fingerprint density at radius 1 is 1.07 bits per heavy atom. The highest BCUT2D eigenvalue weighted by atomic mass is 19.4. The molecule has 1 N–H and O–H groups in total. The van der Waals surface area contributed by atoms with Crippen molar-refractivity contribution in [2.24, 2.45) is 5.92 Å². The van der Waals surface area contributed by atoms with E-state index in [1.165, 1.54) is 18.2 Å². The summed E-state index contributed by atoms with van der Waals surface area (Å²) in [4.78, 5) is 26.8. The maximum atomic E-state index is 13.1. The third-order valence-corrected chi connectivity index (χ3v) is 5.23. The number of halogens is 3. The lowest BCUT2D eigenvalue weighted by Crippen LogP contribution is -2.30. The second kappa shape index (κ2) is 6.96. The minimum absolute atomic E-state index is 0.0152. The molecule has 2 aromatic carbocycles. The molecule has 0 spiro atoms. The van der Waals surface area contributed by atoms with E-state index in [0.717, 1.165) is 30.2 Å². The van der Waals surface area contributed by atoms with Crippen molar-refractivity contribution in [1.82, 2.24) is 5.32 Å². The quantitative estimate of drug-likeness (QED) is 0.863. The fourth-order valence-corrected chi connectivity index (χ4v) is 3.65. The van der Waals surface area contributed by atoms with Crippen molar-refractivity contribution in [3.05, 3.63) is 64.7 Å². The topological polar surface area (TPSA) is 49.4 Å². The molecule has 7 heteroatoms. The number of rotatable bonds is 4. The molecule has 0 radical (unpaired) electrons. The van der Waals surface area contributed by atoms with Gasteiger partial charge in [0.1, 0.15) is 0 Å². The molecule has 1 saturated carbocycles. The normalized spacial score (nSPS) is 16.0. The van der Waals surface area contributed by atoms with Crippen LogP contribution in [0.1, 0.15) is 39.9 Å². The van der Waals surface area contributed by atoms with Gasteiger partial charge in [-0.1, -0.05) is 24.3 Å². The summed E-state index contributed by atoms with van der Waals surface area (Å²) in [5.41, 5.74) is 1.18. The van der Waals surface area contributed by atoms with Crippen LogP contribution in [0.2, 0.25) is 0 Å². The molecule has 0 saturated heterocycles. The van der Waals surface area contributed by atoms with Gasteiger partial charge in [0.15, 0.2) is 0 Å². The predicted molar refractivity (Wildman–Crippen MR) is 97.8 cm³/mol. The highest BCUT2D eigenvalue weighted by Gasteiger charge is 2.37. The van der Waals surface area contributed by atoms with Crippen LogP contribution in [0.15, 0.2) is 42.5 Å². The van der Waals surface area contributed by atoms with Crippen molar-refractivity contribution >= 4 is 17.5 Å². The van der Waals surface area contributed by atoms with Crippen LogP contribution in [0.25, 0.3) is 0 Å². The molecule has 4 rings (SSSR count). The first-order valence-corrected chi connectivity index (χ1v) is 9.23. The van der Waals surface area contributed by atoms with Gasteiger partial charge < -0.3 is 10.2 Å². The van der Waals surface area contributed by atoms with E-state index in [1.807, 2.05) is 6.07 Å². The van der Waals surface area contributed by atoms with E-state index in [2.05, 4.69) is 5.32 Å². The van der Waals surface area contributed by atoms with Crippen LogP contribution < -0.4 is 10.2 Å². The Kier molecular flexibility index (Phi) is 4.61. The smallest absolute Gasteiger partial charge is 0.348 e. The molecule has 1 fully saturated rings. The maximum Gasteiger partial charge on any atom is 0.416 e. The van der Waals surface area contributed by atoms with Gasteiger partial charge in [0.05, 0.1) is 5.56 Å². The van der Waals surface area contributed by atoms with Gasteiger partial charge >= 0.3 is 6.18 Å². The van der Waals surface area contributed by atoms with E-state index >= 15 is 0 Å². The molecule has 0 unspecified atom stereocenters. The Bertz CT molecular complexity index is 935. The van der Waals surface area contributed by atoms with Crippen LogP contribution in [0.3, 0.4) is 0 Å². The van der Waals surface area contributed by atoms with Crippen LogP contribution in [0, 0.1) is 5.92 Å². The van der Waals surface area contributed by atoms with Crippen LogP contribution >= 0.6 is 0 Å². The zero-order chi connectivity index (χ0) is 19.9. The molecule has 28 heavy (non-hydrogen) atoms. The van der Waals surface area contributed by atoms with Gasteiger partial charge in [-0.25, -0.2) is 0 Å². The zero-order valence-electron chi connectivity index (χ0n) is 15.1. The predicted octanol–water partition coefficient (Wildman–Crippen LogP) is 3.93. The number of hydrogen-bond donors (Lipinski definition) is 1. The fourth-order valence-electron chi connectivity index (χ4n) is 3.65. The lowest BCUT2D eigenvalue weighted by Gasteiger charge is -2.17. The van der Waals surface area contributed by atoms with E-state index in [1.54, 1.807) is 17.0 Å². The molecule has 1 aliphatic carbocycles. The molecule has 0 aromatic heterocycles. The largest absolute Gasteiger partial charge is 0.416 e. The molecule has 4 nitrogen and oxygen atoms in total. The third-order valence-electron chi connectivity index (χ3n) is 5.23. The Balaban J connectivity index is 1.52. The van der Waals surface area contributed by atoms with Crippen molar-refractivity contribution in [1.29, 1.82) is 0 Å². The molecule has 0 bridgehead atoms. The standard InChI is InChI=1S/C21H19F3N2O2/c22-21(23,24)17-6-2-1-4-14(17)12-25-19(27)16-5-3-7-18-15(16)10-11-26(18)20(28)13-8-9-13/h1-7,13H,8-12H2,(H,25,27). The lowest BCUT2D eigenvalue weighted by atomic mass is 10.0. The Morgan fingerprint density at radius 2 is 1.82 bits per heavy atom. The van der Waals surface area contributed by atoms with E-state index < -0.39 is 17.6 Å². The minimum Gasteiger partial charge on any atom is -0.348 e. The van der Waals surface area contributed by atoms with Crippen molar-refractivity contribution in [3.8, 4) is 0 Å². The molecule has 0 atom stereocenters. The number of nitrogens with zero attached hydrogens (tertiary/aromatic N) is 1. The number of benzene rings is 2. The Morgan fingerprint density at radius 3 is 2.54 bits per heavy atom. The summed E-state index contributed by atoms with van der Waals surface area (Å²) < 4.78 is 39.3.